The van der Waals surface area contributed by atoms with Gasteiger partial charge in [-0.25, -0.2) is 10.4 Å². The first-order valence-corrected chi connectivity index (χ1v) is 10.2. The van der Waals surface area contributed by atoms with Gasteiger partial charge in [-0.1, -0.05) is 30.3 Å². The Bertz CT molecular complexity index is 1460. The van der Waals surface area contributed by atoms with Crippen molar-refractivity contribution in [1.29, 1.82) is 0 Å². The van der Waals surface area contributed by atoms with Gasteiger partial charge < -0.3 is 25.0 Å². The van der Waals surface area contributed by atoms with Gasteiger partial charge in [-0.3, -0.25) is 9.59 Å². The lowest BCUT2D eigenvalue weighted by Crippen LogP contribution is -2.23. The number of hydrazone groups is 1. The molecule has 0 atom stereocenters. The molecule has 172 valence electrons. The number of hydrogen-bond donors (Lipinski definition) is 5. The second-order valence-corrected chi connectivity index (χ2v) is 7.15. The zero-order valence-electron chi connectivity index (χ0n) is 17.9. The van der Waals surface area contributed by atoms with Crippen LogP contribution in [0.1, 0.15) is 23.0 Å². The quantitative estimate of drug-likeness (QED) is 0.219. The molecule has 0 aliphatic carbocycles. The summed E-state index contributed by atoms with van der Waals surface area (Å²) in [5, 5.41) is 33.8. The molecule has 2 heterocycles. The molecule has 0 aliphatic rings. The van der Waals surface area contributed by atoms with Crippen molar-refractivity contribution < 1.29 is 24.9 Å². The summed E-state index contributed by atoms with van der Waals surface area (Å²) in [6.07, 6.45) is 1.15. The highest BCUT2D eigenvalue weighted by molar-refractivity contribution is 6.03. The Morgan fingerprint density at radius 1 is 1.15 bits per heavy atom. The number of H-pyrrole nitrogens is 1. The Morgan fingerprint density at radius 3 is 2.62 bits per heavy atom. The third-order valence-corrected chi connectivity index (χ3v) is 4.91. The van der Waals surface area contributed by atoms with E-state index in [0.29, 0.717) is 5.69 Å². The number of nitrogens with zero attached hydrogens (tertiary/aromatic N) is 2. The largest absolute Gasteiger partial charge is 0.508 e. The van der Waals surface area contributed by atoms with E-state index in [4.69, 9.17) is 4.74 Å². The fourth-order valence-corrected chi connectivity index (χ4v) is 3.32. The minimum atomic E-state index is -0.887. The van der Waals surface area contributed by atoms with E-state index in [1.165, 1.54) is 18.2 Å². The van der Waals surface area contributed by atoms with Gasteiger partial charge in [0.1, 0.15) is 16.9 Å². The maximum atomic E-state index is 12.8. The summed E-state index contributed by atoms with van der Waals surface area (Å²) < 4.78 is 5.54. The lowest BCUT2D eigenvalue weighted by Gasteiger charge is -2.12. The Balaban J connectivity index is 1.75. The molecule has 0 saturated carbocycles. The summed E-state index contributed by atoms with van der Waals surface area (Å²) >= 11 is 0. The Morgan fingerprint density at radius 2 is 1.91 bits per heavy atom. The fraction of sp³-hybridized carbons (Fsp3) is 0.0833. The monoisotopic (exact) mass is 460 g/mol. The van der Waals surface area contributed by atoms with Gasteiger partial charge in [-0.15, -0.1) is 0 Å². The zero-order chi connectivity index (χ0) is 24.2. The van der Waals surface area contributed by atoms with Crippen molar-refractivity contribution in [3.8, 4) is 34.4 Å². The van der Waals surface area contributed by atoms with E-state index >= 15 is 0 Å². The summed E-state index contributed by atoms with van der Waals surface area (Å²) in [5.74, 6) is -1.71. The van der Waals surface area contributed by atoms with Crippen molar-refractivity contribution in [2.45, 2.75) is 6.92 Å². The van der Waals surface area contributed by atoms with Crippen LogP contribution in [0.2, 0.25) is 0 Å². The molecule has 0 bridgehead atoms. The van der Waals surface area contributed by atoms with Crippen molar-refractivity contribution in [2.75, 3.05) is 6.61 Å². The molecule has 4 rings (SSSR count). The number of aromatic nitrogens is 2. The van der Waals surface area contributed by atoms with E-state index in [1.54, 1.807) is 6.92 Å². The molecular formula is C24H20N4O6. The Hall–Kier alpha value is -4.86. The van der Waals surface area contributed by atoms with E-state index in [0.717, 1.165) is 17.8 Å². The standard InChI is InChI=1S/C24H20N4O6/c1-2-34-24-19-16(11-17(26-24)13-6-4-3-5-7-13)21(31)20(27-22(19)32)23(33)28-25-12-14-8-9-15(29)10-18(14)30/h3-12,29-31H,2H2,1H3,(H,27,32)(H,28,33). The number of ether oxygens (including phenoxy) is 1. The number of hydrogen-bond acceptors (Lipinski definition) is 8. The summed E-state index contributed by atoms with van der Waals surface area (Å²) in [6.45, 7) is 1.98. The second-order valence-electron chi connectivity index (χ2n) is 7.15. The van der Waals surface area contributed by atoms with Gasteiger partial charge in [0.05, 0.1) is 18.5 Å². The molecule has 10 heteroatoms. The number of benzene rings is 2. The number of phenols is 2. The van der Waals surface area contributed by atoms with E-state index < -0.39 is 22.9 Å². The number of nitrogens with one attached hydrogen (secondary N) is 2. The Labute approximate surface area is 192 Å². The molecule has 0 aliphatic heterocycles. The maximum Gasteiger partial charge on any atom is 0.291 e. The van der Waals surface area contributed by atoms with Crippen molar-refractivity contribution in [1.82, 2.24) is 15.4 Å². The van der Waals surface area contributed by atoms with Gasteiger partial charge in [0.25, 0.3) is 11.5 Å². The molecule has 10 nitrogen and oxygen atoms in total. The van der Waals surface area contributed by atoms with Crippen LogP contribution in [0.5, 0.6) is 23.1 Å². The third kappa shape index (κ3) is 4.37. The van der Waals surface area contributed by atoms with E-state index in [-0.39, 0.29) is 40.3 Å². The summed E-state index contributed by atoms with van der Waals surface area (Å²) in [5.41, 5.74) is 2.52. The highest BCUT2D eigenvalue weighted by atomic mass is 16.5. The van der Waals surface area contributed by atoms with Crippen LogP contribution in [0.25, 0.3) is 22.0 Å². The number of phenolic OH excluding ortho intramolecular Hbond substituents is 2. The third-order valence-electron chi connectivity index (χ3n) is 4.91. The van der Waals surface area contributed by atoms with Crippen LogP contribution >= 0.6 is 0 Å². The topological polar surface area (TPSA) is 157 Å². The number of carbonyl (C=O) groups excluding carboxylic acids is 1. The lowest BCUT2D eigenvalue weighted by atomic mass is 10.1. The molecule has 0 fully saturated rings. The molecule has 0 saturated heterocycles. The van der Waals surface area contributed by atoms with Gasteiger partial charge in [-0.05, 0) is 25.1 Å². The predicted octanol–water partition coefficient (Wildman–Crippen LogP) is 2.87. The smallest absolute Gasteiger partial charge is 0.291 e. The highest BCUT2D eigenvalue weighted by Crippen LogP contribution is 2.33. The van der Waals surface area contributed by atoms with Crippen LogP contribution in [-0.4, -0.2) is 44.0 Å². The average Bonchev–Trinajstić information content (AvgIpc) is 2.83. The van der Waals surface area contributed by atoms with Crippen molar-refractivity contribution in [3.63, 3.8) is 0 Å². The van der Waals surface area contributed by atoms with Crippen molar-refractivity contribution in [2.24, 2.45) is 5.10 Å². The maximum absolute atomic E-state index is 12.8. The first-order valence-electron chi connectivity index (χ1n) is 10.2. The number of fused-ring (bicyclic) bond motifs is 1. The van der Waals surface area contributed by atoms with Crippen LogP contribution in [0.3, 0.4) is 0 Å². The predicted molar refractivity (Wildman–Crippen MR) is 125 cm³/mol. The van der Waals surface area contributed by atoms with Gasteiger partial charge in [0.15, 0.2) is 11.4 Å². The molecule has 1 amide bonds. The van der Waals surface area contributed by atoms with E-state index in [2.05, 4.69) is 20.5 Å². The number of aromatic amines is 1. The van der Waals surface area contributed by atoms with E-state index in [1.807, 2.05) is 30.3 Å². The molecule has 4 aromatic rings. The van der Waals surface area contributed by atoms with Gasteiger partial charge >= 0.3 is 0 Å². The van der Waals surface area contributed by atoms with Crippen molar-refractivity contribution >= 4 is 22.9 Å². The summed E-state index contributed by atoms with van der Waals surface area (Å²) in [4.78, 5) is 32.2. The van der Waals surface area contributed by atoms with Crippen LogP contribution in [0.4, 0.5) is 0 Å². The number of aromatic hydroxyl groups is 3. The van der Waals surface area contributed by atoms with Crippen LogP contribution < -0.4 is 15.7 Å². The van der Waals surface area contributed by atoms with Gasteiger partial charge in [-0.2, -0.15) is 5.10 Å². The lowest BCUT2D eigenvalue weighted by molar-refractivity contribution is 0.0947. The zero-order valence-corrected chi connectivity index (χ0v) is 17.9. The molecule has 34 heavy (non-hydrogen) atoms. The average molecular weight is 460 g/mol. The van der Waals surface area contributed by atoms with E-state index in [9.17, 15) is 24.9 Å². The summed E-state index contributed by atoms with van der Waals surface area (Å²) in [6, 6.07) is 14.5. The molecular weight excluding hydrogens is 440 g/mol. The van der Waals surface area contributed by atoms with Crippen LogP contribution in [-0.2, 0) is 0 Å². The second kappa shape index (κ2) is 9.33. The van der Waals surface area contributed by atoms with Crippen LogP contribution in [0, 0.1) is 0 Å². The molecule has 2 aromatic carbocycles. The first-order chi connectivity index (χ1) is 16.4. The molecule has 2 aromatic heterocycles. The minimum Gasteiger partial charge on any atom is -0.508 e. The number of rotatable bonds is 6. The normalized spacial score (nSPS) is 11.1. The first kappa shape index (κ1) is 22.3. The van der Waals surface area contributed by atoms with Gasteiger partial charge in [0, 0.05) is 22.6 Å². The van der Waals surface area contributed by atoms with Crippen molar-refractivity contribution in [3.05, 3.63) is 76.2 Å². The van der Waals surface area contributed by atoms with Crippen LogP contribution in [0.15, 0.2) is 64.5 Å². The SMILES string of the molecule is CCOc1nc(-c2ccccc2)cc2c(O)c(C(=O)NN=Cc3ccc(O)cc3O)[nH]c(=O)c12. The fourth-order valence-electron chi connectivity index (χ4n) is 3.32. The molecule has 0 radical (unpaired) electrons. The van der Waals surface area contributed by atoms with Gasteiger partial charge in [0.2, 0.25) is 5.88 Å². The Kier molecular flexibility index (Phi) is 6.13. The molecule has 5 N–H and O–H groups in total. The number of carbonyl (C=O) groups is 1. The minimum absolute atomic E-state index is 0.00750. The number of amides is 1. The molecule has 0 spiro atoms. The summed E-state index contributed by atoms with van der Waals surface area (Å²) in [7, 11) is 0. The molecule has 0 unspecified atom stereocenters. The highest BCUT2D eigenvalue weighted by Gasteiger charge is 2.21. The number of pyridine rings is 2.